The predicted octanol–water partition coefficient (Wildman–Crippen LogP) is 0.449. The lowest BCUT2D eigenvalue weighted by Crippen LogP contribution is -2.17. The number of hydrogen-bond acceptors (Lipinski definition) is 3. The molecule has 2 heterocycles. The Kier molecular flexibility index (Phi) is 2.09. The summed E-state index contributed by atoms with van der Waals surface area (Å²) in [5.74, 6) is 1.63. The van der Waals surface area contributed by atoms with E-state index in [0.29, 0.717) is 11.6 Å². The summed E-state index contributed by atoms with van der Waals surface area (Å²) in [5.41, 5.74) is 0.365. The fourth-order valence-corrected chi connectivity index (χ4v) is 1.76. The van der Waals surface area contributed by atoms with Gasteiger partial charge in [0.2, 0.25) is 0 Å². The Hall–Kier alpha value is -0.870. The molecule has 0 spiro atoms. The highest BCUT2D eigenvalue weighted by Crippen LogP contribution is 2.20. The first-order valence-corrected chi connectivity index (χ1v) is 4.59. The number of rotatable bonds is 1. The number of hydrogen-bond donors (Lipinski definition) is 2. The lowest BCUT2D eigenvalue weighted by molar-refractivity contribution is -0.0456. The van der Waals surface area contributed by atoms with Gasteiger partial charge in [-0.15, -0.1) is 0 Å². The molecule has 1 atom stereocenters. The van der Waals surface area contributed by atoms with Gasteiger partial charge in [0.15, 0.2) is 6.29 Å². The van der Waals surface area contributed by atoms with E-state index >= 15 is 0 Å². The molecule has 2 rings (SSSR count). The van der Waals surface area contributed by atoms with Gasteiger partial charge in [0.1, 0.15) is 11.5 Å². The van der Waals surface area contributed by atoms with Crippen molar-refractivity contribution in [3.05, 3.63) is 17.7 Å². The van der Waals surface area contributed by atoms with E-state index in [-0.39, 0.29) is 0 Å². The van der Waals surface area contributed by atoms with Crippen molar-refractivity contribution in [3.63, 3.8) is 0 Å². The molecule has 0 bridgehead atoms. The molecule has 0 fully saturated rings. The summed E-state index contributed by atoms with van der Waals surface area (Å²) in [6, 6.07) is 0. The maximum absolute atomic E-state index is 8.92. The lowest BCUT2D eigenvalue weighted by atomic mass is 10.0. The normalized spacial score (nSPS) is 22.0. The number of nitrogens with zero attached hydrogens (tertiary/aromatic N) is 2. The molecule has 1 aromatic heterocycles. The number of aromatic nitrogens is 2. The van der Waals surface area contributed by atoms with Gasteiger partial charge >= 0.3 is 0 Å². The second-order valence-electron chi connectivity index (χ2n) is 3.75. The Labute approximate surface area is 76.8 Å². The largest absolute Gasteiger partial charge is 0.363 e. The molecule has 0 saturated heterocycles. The minimum Gasteiger partial charge on any atom is -0.363 e. The van der Waals surface area contributed by atoms with E-state index in [1.807, 2.05) is 4.57 Å². The first-order valence-electron chi connectivity index (χ1n) is 4.59. The van der Waals surface area contributed by atoms with Crippen LogP contribution in [0.1, 0.15) is 31.2 Å². The molecule has 1 unspecified atom stereocenters. The molecule has 4 nitrogen and oxygen atoms in total. The van der Waals surface area contributed by atoms with Crippen molar-refractivity contribution in [2.45, 2.75) is 32.6 Å². The summed E-state index contributed by atoms with van der Waals surface area (Å²) in [5, 5.41) is 17.8. The zero-order valence-electron chi connectivity index (χ0n) is 7.64. The molecular weight excluding hydrogens is 168 g/mol. The second kappa shape index (κ2) is 3.12. The Bertz CT molecular complexity index is 307. The van der Waals surface area contributed by atoms with Gasteiger partial charge in [0.05, 0.1) is 0 Å². The van der Waals surface area contributed by atoms with Gasteiger partial charge in [-0.1, -0.05) is 6.92 Å². The standard InChI is InChI=1S/C9H14N2O2/c1-6-2-3-8-10-7(9(12)13)5-11(8)4-6/h5-6,9,12-13H,2-4H2,1H3. The van der Waals surface area contributed by atoms with Crippen LogP contribution < -0.4 is 0 Å². The summed E-state index contributed by atoms with van der Waals surface area (Å²) in [6.07, 6.45) is 2.37. The van der Waals surface area contributed by atoms with Crippen LogP contribution >= 0.6 is 0 Å². The highest BCUT2D eigenvalue weighted by atomic mass is 16.5. The average molecular weight is 182 g/mol. The Morgan fingerprint density at radius 2 is 2.38 bits per heavy atom. The maximum Gasteiger partial charge on any atom is 0.197 e. The number of aliphatic hydroxyl groups is 2. The van der Waals surface area contributed by atoms with Gasteiger partial charge in [-0.2, -0.15) is 0 Å². The molecule has 0 aliphatic carbocycles. The summed E-state index contributed by atoms with van der Waals surface area (Å²) >= 11 is 0. The summed E-state index contributed by atoms with van der Waals surface area (Å²) < 4.78 is 2.02. The van der Waals surface area contributed by atoms with Gasteiger partial charge in [0.25, 0.3) is 0 Å². The number of imidazole rings is 1. The Balaban J connectivity index is 2.28. The van der Waals surface area contributed by atoms with Crippen LogP contribution in [-0.2, 0) is 13.0 Å². The molecule has 1 aliphatic heterocycles. The molecular formula is C9H14N2O2. The van der Waals surface area contributed by atoms with Gasteiger partial charge in [-0.3, -0.25) is 0 Å². The van der Waals surface area contributed by atoms with Crippen molar-refractivity contribution in [3.8, 4) is 0 Å². The quantitative estimate of drug-likeness (QED) is 0.620. The van der Waals surface area contributed by atoms with Crippen molar-refractivity contribution >= 4 is 0 Å². The smallest absolute Gasteiger partial charge is 0.197 e. The van der Waals surface area contributed by atoms with Crippen molar-refractivity contribution in [1.29, 1.82) is 0 Å². The molecule has 0 radical (unpaired) electrons. The molecule has 1 aliphatic rings. The minimum absolute atomic E-state index is 0.365. The van der Waals surface area contributed by atoms with E-state index in [2.05, 4.69) is 11.9 Å². The van der Waals surface area contributed by atoms with E-state index in [0.717, 1.165) is 25.2 Å². The highest BCUT2D eigenvalue weighted by Gasteiger charge is 2.18. The first-order chi connectivity index (χ1) is 6.16. The highest BCUT2D eigenvalue weighted by molar-refractivity contribution is 5.07. The van der Waals surface area contributed by atoms with E-state index < -0.39 is 6.29 Å². The Morgan fingerprint density at radius 3 is 3.08 bits per heavy atom. The molecule has 0 amide bonds. The van der Waals surface area contributed by atoms with Crippen LogP contribution in [0.3, 0.4) is 0 Å². The second-order valence-corrected chi connectivity index (χ2v) is 3.75. The van der Waals surface area contributed by atoms with Crippen molar-refractivity contribution in [2.75, 3.05) is 0 Å². The molecule has 1 aromatic rings. The van der Waals surface area contributed by atoms with Gasteiger partial charge in [-0.05, 0) is 12.3 Å². The molecule has 0 aromatic carbocycles. The summed E-state index contributed by atoms with van der Waals surface area (Å²) in [6.45, 7) is 3.13. The molecule has 2 N–H and O–H groups in total. The van der Waals surface area contributed by atoms with Crippen LogP contribution in [0.15, 0.2) is 6.20 Å². The van der Waals surface area contributed by atoms with Crippen LogP contribution in [-0.4, -0.2) is 19.8 Å². The van der Waals surface area contributed by atoms with E-state index in [1.54, 1.807) is 6.20 Å². The molecule has 72 valence electrons. The Morgan fingerprint density at radius 1 is 1.62 bits per heavy atom. The summed E-state index contributed by atoms with van der Waals surface area (Å²) in [7, 11) is 0. The monoisotopic (exact) mass is 182 g/mol. The first kappa shape index (κ1) is 8.72. The van der Waals surface area contributed by atoms with Crippen LogP contribution in [0, 0.1) is 5.92 Å². The fourth-order valence-electron chi connectivity index (χ4n) is 1.76. The SMILES string of the molecule is CC1CCc2nc(C(O)O)cn2C1. The van der Waals surface area contributed by atoms with Crippen molar-refractivity contribution in [2.24, 2.45) is 5.92 Å². The van der Waals surface area contributed by atoms with Gasteiger partial charge < -0.3 is 14.8 Å². The lowest BCUT2D eigenvalue weighted by Gasteiger charge is -2.19. The zero-order valence-corrected chi connectivity index (χ0v) is 7.64. The van der Waals surface area contributed by atoms with Crippen LogP contribution in [0.4, 0.5) is 0 Å². The third-order valence-electron chi connectivity index (χ3n) is 2.51. The third-order valence-corrected chi connectivity index (χ3v) is 2.51. The van der Waals surface area contributed by atoms with E-state index in [4.69, 9.17) is 10.2 Å². The topological polar surface area (TPSA) is 58.3 Å². The van der Waals surface area contributed by atoms with Crippen molar-refractivity contribution < 1.29 is 10.2 Å². The maximum atomic E-state index is 8.92. The molecule has 4 heteroatoms. The van der Waals surface area contributed by atoms with E-state index in [9.17, 15) is 0 Å². The predicted molar refractivity (Wildman–Crippen MR) is 46.9 cm³/mol. The van der Waals surface area contributed by atoms with Crippen molar-refractivity contribution in [1.82, 2.24) is 9.55 Å². The number of aryl methyl sites for hydroxylation is 1. The molecule has 0 saturated carbocycles. The minimum atomic E-state index is -1.44. The number of aliphatic hydroxyl groups excluding tert-OH is 1. The van der Waals surface area contributed by atoms with Crippen LogP contribution in [0.2, 0.25) is 0 Å². The van der Waals surface area contributed by atoms with Crippen LogP contribution in [0.5, 0.6) is 0 Å². The molecule has 13 heavy (non-hydrogen) atoms. The number of fused-ring (bicyclic) bond motifs is 1. The van der Waals surface area contributed by atoms with E-state index in [1.165, 1.54) is 0 Å². The fraction of sp³-hybridized carbons (Fsp3) is 0.667. The summed E-state index contributed by atoms with van der Waals surface area (Å²) in [4.78, 5) is 4.15. The van der Waals surface area contributed by atoms with Gasteiger partial charge in [-0.25, -0.2) is 4.98 Å². The zero-order chi connectivity index (χ0) is 9.42. The third kappa shape index (κ3) is 1.59. The van der Waals surface area contributed by atoms with Gasteiger partial charge in [0, 0.05) is 19.2 Å². The van der Waals surface area contributed by atoms with Crippen LogP contribution in [0.25, 0.3) is 0 Å². The average Bonchev–Trinajstić information content (AvgIpc) is 2.46.